The lowest BCUT2D eigenvalue weighted by Crippen LogP contribution is -2.33. The van der Waals surface area contributed by atoms with E-state index in [1.807, 2.05) is 0 Å². The first-order valence-electron chi connectivity index (χ1n) is 8.81. The Morgan fingerprint density at radius 3 is 2.34 bits per heavy atom. The number of rotatable bonds is 3. The van der Waals surface area contributed by atoms with Crippen molar-refractivity contribution in [3.63, 3.8) is 0 Å². The van der Waals surface area contributed by atoms with E-state index in [0.717, 1.165) is 24.2 Å². The van der Waals surface area contributed by atoms with Crippen LogP contribution in [0.2, 0.25) is 10.0 Å². The highest BCUT2D eigenvalue weighted by Gasteiger charge is 2.54. The fourth-order valence-corrected chi connectivity index (χ4v) is 5.69. The van der Waals surface area contributed by atoms with Gasteiger partial charge in [-0.2, -0.15) is 13.2 Å². The molecular formula is C19H14Cl2F3NO3S. The second-order valence-corrected chi connectivity index (χ2v) is 8.85. The van der Waals surface area contributed by atoms with E-state index in [0.29, 0.717) is 24.0 Å². The summed E-state index contributed by atoms with van der Waals surface area (Å²) in [6.07, 6.45) is -3.47. The van der Waals surface area contributed by atoms with Gasteiger partial charge in [0, 0.05) is 10.0 Å². The summed E-state index contributed by atoms with van der Waals surface area (Å²) >= 11 is 12.8. The first-order chi connectivity index (χ1) is 13.7. The van der Waals surface area contributed by atoms with E-state index < -0.39 is 24.2 Å². The van der Waals surface area contributed by atoms with Crippen LogP contribution in [0.4, 0.5) is 13.2 Å². The van der Waals surface area contributed by atoms with E-state index in [4.69, 9.17) is 28.0 Å². The number of fused-ring (bicyclic) bond motifs is 1. The molecule has 4 nitrogen and oxygen atoms in total. The Labute approximate surface area is 177 Å². The predicted octanol–water partition coefficient (Wildman–Crippen LogP) is 6.29. The van der Waals surface area contributed by atoms with Crippen LogP contribution in [-0.4, -0.2) is 23.0 Å². The Balaban J connectivity index is 1.81. The van der Waals surface area contributed by atoms with Gasteiger partial charge in [-0.1, -0.05) is 28.4 Å². The molecule has 2 aliphatic rings. The minimum atomic E-state index is -4.66. The number of carboxylic acids is 1. The van der Waals surface area contributed by atoms with Crippen molar-refractivity contribution in [3.05, 3.63) is 54.7 Å². The van der Waals surface area contributed by atoms with E-state index in [9.17, 15) is 23.1 Å². The summed E-state index contributed by atoms with van der Waals surface area (Å²) in [5, 5.41) is 13.7. The number of halogens is 5. The topological polar surface area (TPSA) is 58.9 Å². The number of oxime groups is 1. The van der Waals surface area contributed by atoms with Crippen LogP contribution >= 0.6 is 34.5 Å². The van der Waals surface area contributed by atoms with E-state index in [1.54, 1.807) is 0 Å². The van der Waals surface area contributed by atoms with E-state index in [2.05, 4.69) is 5.16 Å². The zero-order chi connectivity index (χ0) is 20.9. The minimum absolute atomic E-state index is 0.0765. The van der Waals surface area contributed by atoms with Gasteiger partial charge >= 0.3 is 12.1 Å². The standard InChI is InChI=1S/C19H14Cl2F3NO3S/c20-9-5-8(6-10(21)7-9)15-13(19(22,23)24)14(25-28-15)16-11-3-1-2-4-12(11)17(29-16)18(26)27/h5-7,13,15H,1-4H2,(H,26,27). The lowest BCUT2D eigenvalue weighted by atomic mass is 9.86. The van der Waals surface area contributed by atoms with Crippen molar-refractivity contribution in [3.8, 4) is 0 Å². The van der Waals surface area contributed by atoms with Gasteiger partial charge < -0.3 is 9.94 Å². The van der Waals surface area contributed by atoms with Crippen molar-refractivity contribution in [2.75, 3.05) is 0 Å². The Hall–Kier alpha value is -1.77. The Morgan fingerprint density at radius 1 is 1.14 bits per heavy atom. The summed E-state index contributed by atoms with van der Waals surface area (Å²) in [6, 6.07) is 4.14. The molecule has 1 N–H and O–H groups in total. The predicted molar refractivity (Wildman–Crippen MR) is 104 cm³/mol. The molecule has 2 aromatic rings. The zero-order valence-corrected chi connectivity index (χ0v) is 17.1. The summed E-state index contributed by atoms with van der Waals surface area (Å²) in [6.45, 7) is 0. The van der Waals surface area contributed by atoms with Crippen molar-refractivity contribution in [2.45, 2.75) is 38.0 Å². The molecule has 0 spiro atoms. The number of carbonyl (C=O) groups is 1. The largest absolute Gasteiger partial charge is 0.477 e. The molecule has 2 unspecified atom stereocenters. The number of alkyl halides is 3. The van der Waals surface area contributed by atoms with Crippen molar-refractivity contribution in [1.82, 2.24) is 0 Å². The van der Waals surface area contributed by atoms with Crippen molar-refractivity contribution in [1.29, 1.82) is 0 Å². The van der Waals surface area contributed by atoms with Gasteiger partial charge in [-0.25, -0.2) is 4.79 Å². The van der Waals surface area contributed by atoms with Gasteiger partial charge in [-0.05, 0) is 60.6 Å². The second-order valence-electron chi connectivity index (χ2n) is 6.95. The van der Waals surface area contributed by atoms with E-state index in [-0.39, 0.29) is 31.1 Å². The average Bonchev–Trinajstić information content (AvgIpc) is 3.22. The first-order valence-corrected chi connectivity index (χ1v) is 10.4. The molecule has 0 bridgehead atoms. The molecule has 0 saturated carbocycles. The Bertz CT molecular complexity index is 999. The Kier molecular flexibility index (Phi) is 5.29. The normalized spacial score (nSPS) is 21.5. The molecule has 0 saturated heterocycles. The van der Waals surface area contributed by atoms with Gasteiger partial charge in [0.05, 0.1) is 4.88 Å². The molecule has 2 heterocycles. The summed E-state index contributed by atoms with van der Waals surface area (Å²) < 4.78 is 42.3. The van der Waals surface area contributed by atoms with E-state index >= 15 is 0 Å². The van der Waals surface area contributed by atoms with Crippen LogP contribution in [0.15, 0.2) is 23.4 Å². The highest BCUT2D eigenvalue weighted by Crippen LogP contribution is 2.48. The zero-order valence-electron chi connectivity index (χ0n) is 14.7. The summed E-state index contributed by atoms with van der Waals surface area (Å²) in [5.74, 6) is -3.19. The Morgan fingerprint density at radius 2 is 1.76 bits per heavy atom. The van der Waals surface area contributed by atoms with Gasteiger partial charge in [0.2, 0.25) is 0 Å². The molecule has 2 atom stereocenters. The second kappa shape index (κ2) is 7.49. The van der Waals surface area contributed by atoms with Gasteiger partial charge in [-0.15, -0.1) is 11.3 Å². The number of hydrogen-bond acceptors (Lipinski definition) is 4. The first kappa shape index (κ1) is 20.5. The van der Waals surface area contributed by atoms with Crippen LogP contribution < -0.4 is 0 Å². The summed E-state index contributed by atoms with van der Waals surface area (Å²) in [5.41, 5.74) is 1.13. The lowest BCUT2D eigenvalue weighted by Gasteiger charge is -2.22. The number of carboxylic acid groups (broad SMARTS) is 1. The third kappa shape index (κ3) is 3.73. The van der Waals surface area contributed by atoms with E-state index in [1.165, 1.54) is 18.2 Å². The summed E-state index contributed by atoms with van der Waals surface area (Å²) in [7, 11) is 0. The average molecular weight is 464 g/mol. The highest BCUT2D eigenvalue weighted by molar-refractivity contribution is 7.16. The number of aromatic carboxylic acids is 1. The van der Waals surface area contributed by atoms with Gasteiger partial charge in [0.1, 0.15) is 16.5 Å². The fraction of sp³-hybridized carbons (Fsp3) is 0.368. The molecule has 154 valence electrons. The maximum Gasteiger partial charge on any atom is 0.401 e. The monoisotopic (exact) mass is 463 g/mol. The van der Waals surface area contributed by atoms with Crippen LogP contribution in [0.3, 0.4) is 0 Å². The van der Waals surface area contributed by atoms with Crippen LogP contribution in [0, 0.1) is 5.92 Å². The molecule has 1 aliphatic heterocycles. The molecule has 0 fully saturated rings. The maximum atomic E-state index is 14.1. The molecule has 10 heteroatoms. The molecule has 1 aromatic heterocycles. The molecule has 1 aromatic carbocycles. The highest BCUT2D eigenvalue weighted by atomic mass is 35.5. The molecule has 0 radical (unpaired) electrons. The van der Waals surface area contributed by atoms with Crippen molar-refractivity contribution in [2.24, 2.45) is 11.1 Å². The van der Waals surface area contributed by atoms with Crippen LogP contribution in [0.25, 0.3) is 0 Å². The minimum Gasteiger partial charge on any atom is -0.477 e. The molecule has 0 amide bonds. The molecule has 29 heavy (non-hydrogen) atoms. The SMILES string of the molecule is O=C(O)c1sc(C2=NOC(c3cc(Cl)cc(Cl)c3)C2C(F)(F)F)c2c1CCCC2. The van der Waals surface area contributed by atoms with Gasteiger partial charge in [0.25, 0.3) is 0 Å². The third-order valence-electron chi connectivity index (χ3n) is 5.08. The summed E-state index contributed by atoms with van der Waals surface area (Å²) in [4.78, 5) is 17.2. The quantitative estimate of drug-likeness (QED) is 0.581. The smallest absolute Gasteiger partial charge is 0.401 e. The van der Waals surface area contributed by atoms with Crippen LogP contribution in [0.1, 0.15) is 50.2 Å². The van der Waals surface area contributed by atoms with Crippen molar-refractivity contribution < 1.29 is 27.9 Å². The van der Waals surface area contributed by atoms with Crippen molar-refractivity contribution >= 4 is 46.2 Å². The third-order valence-corrected chi connectivity index (χ3v) is 6.80. The number of nitrogens with zero attached hydrogens (tertiary/aromatic N) is 1. The van der Waals surface area contributed by atoms with Crippen LogP contribution in [-0.2, 0) is 17.7 Å². The number of thiophene rings is 1. The molecule has 4 rings (SSSR count). The fourth-order valence-electron chi connectivity index (χ4n) is 3.89. The van der Waals surface area contributed by atoms with Gasteiger partial charge in [0.15, 0.2) is 6.10 Å². The number of benzene rings is 1. The van der Waals surface area contributed by atoms with Gasteiger partial charge in [-0.3, -0.25) is 0 Å². The molecule has 1 aliphatic carbocycles. The lowest BCUT2D eigenvalue weighted by molar-refractivity contribution is -0.177. The van der Waals surface area contributed by atoms with Crippen LogP contribution in [0.5, 0.6) is 0 Å². The maximum absolute atomic E-state index is 14.1. The molecular weight excluding hydrogens is 450 g/mol. The number of hydrogen-bond donors (Lipinski definition) is 1.